The molecule has 2 aliphatic rings. The predicted molar refractivity (Wildman–Crippen MR) is 86.9 cm³/mol. The number of esters is 1. The smallest absolute Gasteiger partial charge is 0.343 e. The van der Waals surface area contributed by atoms with E-state index in [0.717, 1.165) is 29.9 Å². The Morgan fingerprint density at radius 3 is 2.36 bits per heavy atom. The number of hydrogen-bond donors (Lipinski definition) is 0. The Morgan fingerprint density at radius 1 is 1.20 bits per heavy atom. The molecule has 1 aromatic rings. The molecular weight excluding hydrogens is 353 g/mol. The zero-order valence-electron chi connectivity index (χ0n) is 13.4. The Labute approximate surface area is 148 Å². The Kier molecular flexibility index (Phi) is 4.76. The summed E-state index contributed by atoms with van der Waals surface area (Å²) >= 11 is 5.91. The quantitative estimate of drug-likeness (QED) is 0.604. The lowest BCUT2D eigenvalue weighted by molar-refractivity contribution is -0.143. The van der Waals surface area contributed by atoms with Gasteiger partial charge in [-0.1, -0.05) is 11.6 Å². The standard InChI is InChI=1S/C17H15ClFNO5/c1-24-15(21)8-25-14-7-13(12(19)6-11(14)18)20-16(22)9-4-2-3-5-10(9)17(20)23/h6-7H,2-5,8H2,1H3. The second kappa shape index (κ2) is 6.84. The van der Waals surface area contributed by atoms with Crippen LogP contribution in [0.15, 0.2) is 23.3 Å². The van der Waals surface area contributed by atoms with Crippen LogP contribution in [0, 0.1) is 5.82 Å². The van der Waals surface area contributed by atoms with Crippen molar-refractivity contribution >= 4 is 35.1 Å². The number of ether oxygens (including phenoxy) is 2. The fourth-order valence-corrected chi connectivity index (χ4v) is 3.16. The molecule has 1 aliphatic heterocycles. The molecule has 8 heteroatoms. The first-order chi connectivity index (χ1) is 11.9. The maximum absolute atomic E-state index is 14.4. The van der Waals surface area contributed by atoms with Gasteiger partial charge in [-0.3, -0.25) is 9.59 Å². The van der Waals surface area contributed by atoms with Crippen LogP contribution in [0.1, 0.15) is 25.7 Å². The van der Waals surface area contributed by atoms with E-state index in [1.165, 1.54) is 7.11 Å². The molecule has 1 aromatic carbocycles. The summed E-state index contributed by atoms with van der Waals surface area (Å²) in [6.07, 6.45) is 2.67. The van der Waals surface area contributed by atoms with E-state index in [1.54, 1.807) is 0 Å². The third-order valence-corrected chi connectivity index (χ3v) is 4.50. The molecule has 1 heterocycles. The maximum atomic E-state index is 14.4. The van der Waals surface area contributed by atoms with Crippen molar-refractivity contribution in [3.05, 3.63) is 34.1 Å². The van der Waals surface area contributed by atoms with Crippen molar-refractivity contribution < 1.29 is 28.2 Å². The first-order valence-corrected chi connectivity index (χ1v) is 8.11. The number of imide groups is 1. The molecule has 0 saturated heterocycles. The topological polar surface area (TPSA) is 72.9 Å². The highest BCUT2D eigenvalue weighted by molar-refractivity contribution is 6.34. The Hall–Kier alpha value is -2.41. The van der Waals surface area contributed by atoms with Gasteiger partial charge in [0.25, 0.3) is 11.8 Å². The van der Waals surface area contributed by atoms with Gasteiger partial charge in [-0.15, -0.1) is 0 Å². The van der Waals surface area contributed by atoms with E-state index in [4.69, 9.17) is 16.3 Å². The third kappa shape index (κ3) is 3.11. The highest BCUT2D eigenvalue weighted by atomic mass is 35.5. The summed E-state index contributed by atoms with van der Waals surface area (Å²) in [5.41, 5.74) is 0.652. The molecule has 25 heavy (non-hydrogen) atoms. The highest BCUT2D eigenvalue weighted by Gasteiger charge is 2.41. The molecule has 0 saturated carbocycles. The third-order valence-electron chi connectivity index (χ3n) is 4.21. The first-order valence-electron chi connectivity index (χ1n) is 7.73. The van der Waals surface area contributed by atoms with Gasteiger partial charge in [-0.25, -0.2) is 14.1 Å². The summed E-state index contributed by atoms with van der Waals surface area (Å²) in [4.78, 5) is 37.1. The number of carbonyl (C=O) groups is 3. The number of methoxy groups -OCH3 is 1. The van der Waals surface area contributed by atoms with Crippen LogP contribution in [0.5, 0.6) is 5.75 Å². The molecule has 0 aromatic heterocycles. The van der Waals surface area contributed by atoms with Crippen LogP contribution in [0.2, 0.25) is 5.02 Å². The Bertz CT molecular complexity index is 776. The number of hydrogen-bond acceptors (Lipinski definition) is 5. The largest absolute Gasteiger partial charge is 0.480 e. The van der Waals surface area contributed by atoms with E-state index < -0.39 is 30.2 Å². The van der Waals surface area contributed by atoms with Crippen molar-refractivity contribution in [3.8, 4) is 5.75 Å². The summed E-state index contributed by atoms with van der Waals surface area (Å²) in [6.45, 7) is -0.433. The summed E-state index contributed by atoms with van der Waals surface area (Å²) in [7, 11) is 1.20. The summed E-state index contributed by atoms with van der Waals surface area (Å²) < 4.78 is 24.0. The minimum Gasteiger partial charge on any atom is -0.480 e. The van der Waals surface area contributed by atoms with Crippen molar-refractivity contribution in [3.63, 3.8) is 0 Å². The second-order valence-electron chi connectivity index (χ2n) is 5.71. The number of benzene rings is 1. The molecule has 3 rings (SSSR count). The Morgan fingerprint density at radius 2 is 1.80 bits per heavy atom. The summed E-state index contributed by atoms with van der Waals surface area (Å²) in [5, 5.41) is -0.0815. The van der Waals surface area contributed by atoms with Crippen LogP contribution in [0.25, 0.3) is 0 Å². The van der Waals surface area contributed by atoms with Crippen LogP contribution in [-0.4, -0.2) is 31.5 Å². The SMILES string of the molecule is COC(=O)COc1cc(N2C(=O)C3=C(CCCC3)C2=O)c(F)cc1Cl. The van der Waals surface area contributed by atoms with Crippen LogP contribution < -0.4 is 9.64 Å². The van der Waals surface area contributed by atoms with Gasteiger partial charge in [-0.05, 0) is 31.7 Å². The van der Waals surface area contributed by atoms with Crippen LogP contribution >= 0.6 is 11.6 Å². The average Bonchev–Trinajstić information content (AvgIpc) is 2.86. The zero-order valence-corrected chi connectivity index (χ0v) is 14.2. The fourth-order valence-electron chi connectivity index (χ4n) is 2.95. The number of carbonyl (C=O) groups excluding carboxylic acids is 3. The van der Waals surface area contributed by atoms with Crippen molar-refractivity contribution in [1.82, 2.24) is 0 Å². The molecule has 132 valence electrons. The Balaban J connectivity index is 1.93. The van der Waals surface area contributed by atoms with E-state index in [1.807, 2.05) is 0 Å². The molecule has 0 N–H and O–H groups in total. The first kappa shape index (κ1) is 17.4. The van der Waals surface area contributed by atoms with E-state index in [2.05, 4.69) is 4.74 Å². The maximum Gasteiger partial charge on any atom is 0.343 e. The molecule has 0 atom stereocenters. The van der Waals surface area contributed by atoms with Crippen LogP contribution in [-0.2, 0) is 19.1 Å². The number of rotatable bonds is 4. The second-order valence-corrected chi connectivity index (χ2v) is 6.12. The minimum atomic E-state index is -0.822. The van der Waals surface area contributed by atoms with Gasteiger partial charge >= 0.3 is 5.97 Å². The van der Waals surface area contributed by atoms with Gasteiger partial charge in [0.1, 0.15) is 11.6 Å². The minimum absolute atomic E-state index is 0.0195. The van der Waals surface area contributed by atoms with Gasteiger partial charge < -0.3 is 9.47 Å². The lowest BCUT2D eigenvalue weighted by atomic mass is 9.93. The average molecular weight is 368 g/mol. The summed E-state index contributed by atoms with van der Waals surface area (Å²) in [6, 6.07) is 2.09. The summed E-state index contributed by atoms with van der Waals surface area (Å²) in [5.74, 6) is -2.52. The molecule has 1 aliphatic carbocycles. The van der Waals surface area contributed by atoms with Crippen molar-refractivity contribution in [1.29, 1.82) is 0 Å². The molecular formula is C17H15ClFNO5. The van der Waals surface area contributed by atoms with E-state index in [0.29, 0.717) is 24.0 Å². The normalized spacial score (nSPS) is 17.0. The monoisotopic (exact) mass is 367 g/mol. The van der Waals surface area contributed by atoms with E-state index in [9.17, 15) is 18.8 Å². The molecule has 0 radical (unpaired) electrons. The van der Waals surface area contributed by atoms with Gasteiger partial charge in [0.05, 0.1) is 17.8 Å². The number of halogens is 2. The predicted octanol–water partition coefficient (Wildman–Crippen LogP) is 2.77. The van der Waals surface area contributed by atoms with Gasteiger partial charge in [0.15, 0.2) is 6.61 Å². The number of anilines is 1. The molecule has 6 nitrogen and oxygen atoms in total. The van der Waals surface area contributed by atoms with Crippen LogP contribution in [0.4, 0.5) is 10.1 Å². The lowest BCUT2D eigenvalue weighted by Gasteiger charge is -2.18. The van der Waals surface area contributed by atoms with Crippen molar-refractivity contribution in [2.24, 2.45) is 0 Å². The fraction of sp³-hybridized carbons (Fsp3) is 0.353. The highest BCUT2D eigenvalue weighted by Crippen LogP contribution is 2.39. The molecule has 0 unspecified atom stereocenters. The van der Waals surface area contributed by atoms with Gasteiger partial charge in [0, 0.05) is 17.2 Å². The molecule has 0 spiro atoms. The number of nitrogens with zero attached hydrogens (tertiary/aromatic N) is 1. The van der Waals surface area contributed by atoms with Gasteiger partial charge in [0.2, 0.25) is 0 Å². The van der Waals surface area contributed by atoms with E-state index >= 15 is 0 Å². The molecule has 2 amide bonds. The van der Waals surface area contributed by atoms with Crippen molar-refractivity contribution in [2.45, 2.75) is 25.7 Å². The van der Waals surface area contributed by atoms with Crippen LogP contribution in [0.3, 0.4) is 0 Å². The van der Waals surface area contributed by atoms with Gasteiger partial charge in [-0.2, -0.15) is 0 Å². The molecule has 0 bridgehead atoms. The van der Waals surface area contributed by atoms with Crippen molar-refractivity contribution in [2.75, 3.05) is 18.6 Å². The zero-order chi connectivity index (χ0) is 18.1. The molecule has 0 fully saturated rings. The lowest BCUT2D eigenvalue weighted by Crippen LogP contribution is -2.32. The van der Waals surface area contributed by atoms with E-state index in [-0.39, 0.29) is 16.5 Å². The number of amides is 2.